The van der Waals surface area contributed by atoms with E-state index in [1.54, 1.807) is 12.1 Å². The lowest BCUT2D eigenvalue weighted by atomic mass is 10.1. The molecular formula is C13H12BrFN2O2. The van der Waals surface area contributed by atoms with Gasteiger partial charge < -0.3 is 9.15 Å². The van der Waals surface area contributed by atoms with E-state index in [1.165, 1.54) is 7.11 Å². The molecule has 1 aliphatic carbocycles. The number of benzene rings is 1. The second-order valence-corrected chi connectivity index (χ2v) is 5.39. The van der Waals surface area contributed by atoms with Gasteiger partial charge in [0.05, 0.1) is 12.2 Å². The van der Waals surface area contributed by atoms with Gasteiger partial charge in [0.15, 0.2) is 0 Å². The minimum atomic E-state index is -0.387. The third kappa shape index (κ3) is 2.42. The normalized spacial score (nSPS) is 14.9. The first-order chi connectivity index (χ1) is 9.20. The minimum Gasteiger partial charge on any atom is -0.420 e. The quantitative estimate of drug-likeness (QED) is 0.860. The van der Waals surface area contributed by atoms with E-state index in [0.29, 0.717) is 27.4 Å². The maximum absolute atomic E-state index is 14.4. The van der Waals surface area contributed by atoms with Gasteiger partial charge in [0.1, 0.15) is 5.82 Å². The van der Waals surface area contributed by atoms with Gasteiger partial charge in [-0.1, -0.05) is 15.9 Å². The van der Waals surface area contributed by atoms with Crippen molar-refractivity contribution in [2.45, 2.75) is 25.4 Å². The standard InChI is InChI=1S/C13H12BrFN2O2/c1-18-6-9-10(14)5-4-8(11(9)15)13-17-16-12(19-13)7-2-3-7/h4-5,7H,2-3,6H2,1H3. The monoisotopic (exact) mass is 326 g/mol. The van der Waals surface area contributed by atoms with Crippen LogP contribution in [0.25, 0.3) is 11.5 Å². The predicted molar refractivity (Wildman–Crippen MR) is 70.1 cm³/mol. The largest absolute Gasteiger partial charge is 0.420 e. The summed E-state index contributed by atoms with van der Waals surface area (Å²) in [5.74, 6) is 0.801. The molecule has 1 saturated carbocycles. The van der Waals surface area contributed by atoms with Crippen molar-refractivity contribution >= 4 is 15.9 Å². The summed E-state index contributed by atoms with van der Waals surface area (Å²) in [6.45, 7) is 0.184. The summed E-state index contributed by atoms with van der Waals surface area (Å²) < 4.78 is 25.6. The fraction of sp³-hybridized carbons (Fsp3) is 0.385. The molecule has 4 nitrogen and oxygen atoms in total. The highest BCUT2D eigenvalue weighted by Crippen LogP contribution is 2.40. The summed E-state index contributed by atoms with van der Waals surface area (Å²) in [5.41, 5.74) is 0.765. The molecule has 1 aliphatic rings. The van der Waals surface area contributed by atoms with E-state index in [0.717, 1.165) is 12.8 Å². The summed E-state index contributed by atoms with van der Waals surface area (Å²) in [6, 6.07) is 3.39. The van der Waals surface area contributed by atoms with Crippen LogP contribution in [0.4, 0.5) is 4.39 Å². The minimum absolute atomic E-state index is 0.184. The second-order valence-electron chi connectivity index (χ2n) is 4.54. The molecule has 3 rings (SSSR count). The Kier molecular flexibility index (Phi) is 3.36. The Morgan fingerprint density at radius 2 is 2.21 bits per heavy atom. The lowest BCUT2D eigenvalue weighted by molar-refractivity contribution is 0.181. The van der Waals surface area contributed by atoms with E-state index in [2.05, 4.69) is 26.1 Å². The predicted octanol–water partition coefficient (Wildman–Crippen LogP) is 3.66. The van der Waals surface area contributed by atoms with Gasteiger partial charge in [0.25, 0.3) is 5.89 Å². The number of rotatable bonds is 4. The van der Waals surface area contributed by atoms with Crippen LogP contribution < -0.4 is 0 Å². The fourth-order valence-corrected chi connectivity index (χ4v) is 2.30. The van der Waals surface area contributed by atoms with Crippen molar-refractivity contribution in [3.05, 3.63) is 33.9 Å². The maximum atomic E-state index is 14.4. The highest BCUT2D eigenvalue weighted by atomic mass is 79.9. The molecule has 0 spiro atoms. The van der Waals surface area contributed by atoms with E-state index >= 15 is 0 Å². The van der Waals surface area contributed by atoms with E-state index in [-0.39, 0.29) is 18.3 Å². The molecule has 1 fully saturated rings. The average Bonchev–Trinajstić information content (AvgIpc) is 3.14. The lowest BCUT2D eigenvalue weighted by Crippen LogP contribution is -1.97. The third-order valence-corrected chi connectivity index (χ3v) is 3.82. The summed E-state index contributed by atoms with van der Waals surface area (Å²) >= 11 is 3.31. The van der Waals surface area contributed by atoms with Crippen molar-refractivity contribution in [1.82, 2.24) is 10.2 Å². The van der Waals surface area contributed by atoms with Gasteiger partial charge in [-0.15, -0.1) is 10.2 Å². The molecule has 0 amide bonds. The topological polar surface area (TPSA) is 48.2 Å². The van der Waals surface area contributed by atoms with Crippen LogP contribution in [0.5, 0.6) is 0 Å². The highest BCUT2D eigenvalue weighted by molar-refractivity contribution is 9.10. The zero-order chi connectivity index (χ0) is 13.4. The SMILES string of the molecule is COCc1c(Br)ccc(-c2nnc(C3CC3)o2)c1F. The Balaban J connectivity index is 2.00. The maximum Gasteiger partial charge on any atom is 0.250 e. The molecule has 2 aromatic rings. The van der Waals surface area contributed by atoms with Crippen LogP contribution in [-0.2, 0) is 11.3 Å². The van der Waals surface area contributed by atoms with Crippen LogP contribution in [0.3, 0.4) is 0 Å². The van der Waals surface area contributed by atoms with Crippen LogP contribution in [0.2, 0.25) is 0 Å². The van der Waals surface area contributed by atoms with Crippen LogP contribution >= 0.6 is 15.9 Å². The first-order valence-electron chi connectivity index (χ1n) is 6.00. The number of hydrogen-bond acceptors (Lipinski definition) is 4. The number of aromatic nitrogens is 2. The molecule has 19 heavy (non-hydrogen) atoms. The Hall–Kier alpha value is -1.27. The fourth-order valence-electron chi connectivity index (χ4n) is 1.88. The summed E-state index contributed by atoms with van der Waals surface area (Å²) in [6.07, 6.45) is 2.14. The summed E-state index contributed by atoms with van der Waals surface area (Å²) in [4.78, 5) is 0. The molecule has 100 valence electrons. The van der Waals surface area contributed by atoms with Crippen LogP contribution in [0, 0.1) is 5.82 Å². The number of halogens is 2. The molecule has 0 bridgehead atoms. The van der Waals surface area contributed by atoms with E-state index in [1.807, 2.05) is 0 Å². The van der Waals surface area contributed by atoms with E-state index < -0.39 is 0 Å². The molecule has 0 radical (unpaired) electrons. The van der Waals surface area contributed by atoms with Gasteiger partial charge in [-0.3, -0.25) is 0 Å². The molecule has 1 aromatic carbocycles. The second kappa shape index (κ2) is 5.02. The zero-order valence-electron chi connectivity index (χ0n) is 10.3. The van der Waals surface area contributed by atoms with E-state index in [9.17, 15) is 4.39 Å². The number of ether oxygens (including phenoxy) is 1. The van der Waals surface area contributed by atoms with Crippen molar-refractivity contribution in [3.63, 3.8) is 0 Å². The molecular weight excluding hydrogens is 315 g/mol. The molecule has 0 atom stereocenters. The average molecular weight is 327 g/mol. The zero-order valence-corrected chi connectivity index (χ0v) is 11.9. The van der Waals surface area contributed by atoms with E-state index in [4.69, 9.17) is 9.15 Å². The van der Waals surface area contributed by atoms with Crippen LogP contribution in [0.15, 0.2) is 21.0 Å². The van der Waals surface area contributed by atoms with Gasteiger partial charge in [-0.25, -0.2) is 4.39 Å². The van der Waals surface area contributed by atoms with Gasteiger partial charge >= 0.3 is 0 Å². The van der Waals surface area contributed by atoms with Crippen molar-refractivity contribution < 1.29 is 13.5 Å². The van der Waals surface area contributed by atoms with Gasteiger partial charge in [0.2, 0.25) is 5.89 Å². The molecule has 1 heterocycles. The lowest BCUT2D eigenvalue weighted by Gasteiger charge is -2.07. The highest BCUT2D eigenvalue weighted by Gasteiger charge is 2.30. The van der Waals surface area contributed by atoms with Gasteiger partial charge in [-0.2, -0.15) is 0 Å². The molecule has 6 heteroatoms. The summed E-state index contributed by atoms with van der Waals surface area (Å²) in [7, 11) is 1.52. The Morgan fingerprint density at radius 3 is 2.89 bits per heavy atom. The first kappa shape index (κ1) is 12.7. The molecule has 0 unspecified atom stereocenters. The van der Waals surface area contributed by atoms with Crippen LogP contribution in [0.1, 0.15) is 30.2 Å². The molecule has 0 N–H and O–H groups in total. The molecule has 1 aromatic heterocycles. The smallest absolute Gasteiger partial charge is 0.250 e. The number of hydrogen-bond donors (Lipinski definition) is 0. The van der Waals surface area contributed by atoms with Gasteiger partial charge in [-0.05, 0) is 25.0 Å². The van der Waals surface area contributed by atoms with Crippen molar-refractivity contribution in [1.29, 1.82) is 0 Å². The number of nitrogens with zero attached hydrogens (tertiary/aromatic N) is 2. The number of methoxy groups -OCH3 is 1. The summed E-state index contributed by atoms with van der Waals surface area (Å²) in [5, 5.41) is 7.89. The van der Waals surface area contributed by atoms with Crippen molar-refractivity contribution in [3.8, 4) is 11.5 Å². The molecule has 0 aliphatic heterocycles. The Morgan fingerprint density at radius 1 is 1.42 bits per heavy atom. The molecule has 0 saturated heterocycles. The first-order valence-corrected chi connectivity index (χ1v) is 6.79. The van der Waals surface area contributed by atoms with Crippen LogP contribution in [-0.4, -0.2) is 17.3 Å². The van der Waals surface area contributed by atoms with Crippen molar-refractivity contribution in [2.24, 2.45) is 0 Å². The Bertz CT molecular complexity index is 611. The van der Waals surface area contributed by atoms with Gasteiger partial charge in [0, 0.05) is 23.1 Å². The Labute approximate surface area is 118 Å². The van der Waals surface area contributed by atoms with Crippen molar-refractivity contribution in [2.75, 3.05) is 7.11 Å². The third-order valence-electron chi connectivity index (χ3n) is 3.07.